The predicted molar refractivity (Wildman–Crippen MR) is 69.9 cm³/mol. The third-order valence-electron chi connectivity index (χ3n) is 2.33. The lowest BCUT2D eigenvalue weighted by molar-refractivity contribution is 0.0743. The molecule has 1 aromatic rings. The van der Waals surface area contributed by atoms with E-state index in [2.05, 4.69) is 18.3 Å². The SMILES string of the molecule is CC(C)OC[C@H](C)Nc1ccc(CC#N)cc1. The molecule has 0 aliphatic carbocycles. The van der Waals surface area contributed by atoms with Crippen molar-refractivity contribution in [1.29, 1.82) is 5.26 Å². The van der Waals surface area contributed by atoms with E-state index in [1.165, 1.54) is 0 Å². The van der Waals surface area contributed by atoms with Crippen molar-refractivity contribution in [2.45, 2.75) is 39.3 Å². The molecule has 92 valence electrons. The molecule has 1 N–H and O–H groups in total. The Balaban J connectivity index is 2.43. The van der Waals surface area contributed by atoms with Gasteiger partial charge in [-0.05, 0) is 38.5 Å². The lowest BCUT2D eigenvalue weighted by Crippen LogP contribution is -2.23. The molecule has 0 amide bonds. The lowest BCUT2D eigenvalue weighted by atomic mass is 10.1. The van der Waals surface area contributed by atoms with Crippen LogP contribution in [0.15, 0.2) is 24.3 Å². The Bertz CT molecular complexity index is 365. The number of nitrogens with one attached hydrogen (secondary N) is 1. The summed E-state index contributed by atoms with van der Waals surface area (Å²) >= 11 is 0. The average Bonchev–Trinajstić information content (AvgIpc) is 2.29. The number of ether oxygens (including phenoxy) is 1. The topological polar surface area (TPSA) is 45.0 Å². The maximum absolute atomic E-state index is 8.57. The molecule has 3 heteroatoms. The van der Waals surface area contributed by atoms with Crippen LogP contribution in [0.5, 0.6) is 0 Å². The van der Waals surface area contributed by atoms with Crippen LogP contribution < -0.4 is 5.32 Å². The van der Waals surface area contributed by atoms with Crippen molar-refractivity contribution >= 4 is 5.69 Å². The van der Waals surface area contributed by atoms with Crippen LogP contribution in [-0.4, -0.2) is 18.8 Å². The van der Waals surface area contributed by atoms with E-state index in [0.29, 0.717) is 13.0 Å². The molecule has 0 bridgehead atoms. The molecule has 0 fully saturated rings. The van der Waals surface area contributed by atoms with Gasteiger partial charge in [-0.3, -0.25) is 0 Å². The number of hydrogen-bond donors (Lipinski definition) is 1. The first kappa shape index (κ1) is 13.5. The minimum Gasteiger partial charge on any atom is -0.380 e. The highest BCUT2D eigenvalue weighted by Gasteiger charge is 2.03. The molecular formula is C14H20N2O. The molecule has 0 aliphatic heterocycles. The van der Waals surface area contributed by atoms with E-state index in [-0.39, 0.29) is 12.1 Å². The molecule has 0 spiro atoms. The van der Waals surface area contributed by atoms with Gasteiger partial charge in [0.15, 0.2) is 0 Å². The fourth-order valence-corrected chi connectivity index (χ4v) is 1.47. The second-order valence-electron chi connectivity index (χ2n) is 4.46. The van der Waals surface area contributed by atoms with Crippen LogP contribution in [0.4, 0.5) is 5.69 Å². The second-order valence-corrected chi connectivity index (χ2v) is 4.46. The fraction of sp³-hybridized carbons (Fsp3) is 0.500. The molecule has 0 saturated carbocycles. The first-order chi connectivity index (χ1) is 8.11. The monoisotopic (exact) mass is 232 g/mol. The largest absolute Gasteiger partial charge is 0.380 e. The first-order valence-corrected chi connectivity index (χ1v) is 5.96. The highest BCUT2D eigenvalue weighted by molar-refractivity contribution is 5.45. The van der Waals surface area contributed by atoms with Gasteiger partial charge in [-0.2, -0.15) is 5.26 Å². The lowest BCUT2D eigenvalue weighted by Gasteiger charge is -2.17. The Morgan fingerprint density at radius 3 is 2.41 bits per heavy atom. The van der Waals surface area contributed by atoms with Crippen molar-refractivity contribution in [3.8, 4) is 6.07 Å². The van der Waals surface area contributed by atoms with Crippen molar-refractivity contribution in [3.05, 3.63) is 29.8 Å². The molecule has 3 nitrogen and oxygen atoms in total. The normalized spacial score (nSPS) is 12.2. The summed E-state index contributed by atoms with van der Waals surface area (Å²) in [5, 5.41) is 11.9. The van der Waals surface area contributed by atoms with Gasteiger partial charge in [0, 0.05) is 11.7 Å². The van der Waals surface area contributed by atoms with Crippen molar-refractivity contribution < 1.29 is 4.74 Å². The zero-order valence-corrected chi connectivity index (χ0v) is 10.7. The van der Waals surface area contributed by atoms with Gasteiger partial charge in [0.05, 0.1) is 25.2 Å². The highest BCUT2D eigenvalue weighted by atomic mass is 16.5. The van der Waals surface area contributed by atoms with Crippen LogP contribution >= 0.6 is 0 Å². The minimum atomic E-state index is 0.261. The summed E-state index contributed by atoms with van der Waals surface area (Å²) in [6.07, 6.45) is 0.726. The number of benzene rings is 1. The predicted octanol–water partition coefficient (Wildman–Crippen LogP) is 2.98. The number of hydrogen-bond acceptors (Lipinski definition) is 3. The molecule has 0 heterocycles. The summed E-state index contributed by atoms with van der Waals surface area (Å²) < 4.78 is 5.53. The zero-order valence-electron chi connectivity index (χ0n) is 10.7. The summed E-state index contributed by atoms with van der Waals surface area (Å²) in [4.78, 5) is 0. The van der Waals surface area contributed by atoms with Crippen LogP contribution in [0.2, 0.25) is 0 Å². The standard InChI is InChI=1S/C14H20N2O/c1-11(2)17-10-12(3)16-14-6-4-13(5-7-14)8-9-15/h4-7,11-12,16H,8,10H2,1-3H3/t12-/m0/s1. The summed E-state index contributed by atoms with van der Waals surface area (Å²) in [5.74, 6) is 0. The Morgan fingerprint density at radius 2 is 1.88 bits per heavy atom. The molecule has 1 aromatic carbocycles. The molecule has 0 saturated heterocycles. The van der Waals surface area contributed by atoms with Crippen LogP contribution in [0.25, 0.3) is 0 Å². The van der Waals surface area contributed by atoms with Crippen LogP contribution in [0.1, 0.15) is 26.3 Å². The van der Waals surface area contributed by atoms with Crippen molar-refractivity contribution in [2.24, 2.45) is 0 Å². The molecule has 17 heavy (non-hydrogen) atoms. The average molecular weight is 232 g/mol. The van der Waals surface area contributed by atoms with Gasteiger partial charge >= 0.3 is 0 Å². The Labute approximate surface area is 103 Å². The Morgan fingerprint density at radius 1 is 1.24 bits per heavy atom. The fourth-order valence-electron chi connectivity index (χ4n) is 1.47. The second kappa shape index (κ2) is 6.93. The molecule has 0 radical (unpaired) electrons. The van der Waals surface area contributed by atoms with Crippen molar-refractivity contribution in [3.63, 3.8) is 0 Å². The van der Waals surface area contributed by atoms with Crippen LogP contribution in [-0.2, 0) is 11.2 Å². The summed E-state index contributed by atoms with van der Waals surface area (Å²) in [5.41, 5.74) is 2.11. The summed E-state index contributed by atoms with van der Waals surface area (Å²) in [7, 11) is 0. The van der Waals surface area contributed by atoms with Crippen molar-refractivity contribution in [2.75, 3.05) is 11.9 Å². The van der Waals surface area contributed by atoms with E-state index in [9.17, 15) is 0 Å². The molecule has 0 aliphatic rings. The molecule has 0 aromatic heterocycles. The van der Waals surface area contributed by atoms with Gasteiger partial charge in [0.2, 0.25) is 0 Å². The van der Waals surface area contributed by atoms with E-state index >= 15 is 0 Å². The number of anilines is 1. The van der Waals surface area contributed by atoms with E-state index in [1.54, 1.807) is 0 Å². The maximum Gasteiger partial charge on any atom is 0.0669 e. The van der Waals surface area contributed by atoms with Gasteiger partial charge in [-0.25, -0.2) is 0 Å². The van der Waals surface area contributed by atoms with Gasteiger partial charge in [-0.15, -0.1) is 0 Å². The zero-order chi connectivity index (χ0) is 12.7. The number of rotatable bonds is 6. The third-order valence-corrected chi connectivity index (χ3v) is 2.33. The van der Waals surface area contributed by atoms with Crippen LogP contribution in [0.3, 0.4) is 0 Å². The molecule has 1 atom stereocenters. The van der Waals surface area contributed by atoms with Gasteiger partial charge in [-0.1, -0.05) is 12.1 Å². The number of nitriles is 1. The summed E-state index contributed by atoms with van der Waals surface area (Å²) in [6.45, 7) is 6.84. The molecular weight excluding hydrogens is 212 g/mol. The summed E-state index contributed by atoms with van der Waals surface area (Å²) in [6, 6.07) is 10.4. The smallest absolute Gasteiger partial charge is 0.0669 e. The van der Waals surface area contributed by atoms with E-state index < -0.39 is 0 Å². The maximum atomic E-state index is 8.57. The van der Waals surface area contributed by atoms with Gasteiger partial charge < -0.3 is 10.1 Å². The van der Waals surface area contributed by atoms with Gasteiger partial charge in [0.1, 0.15) is 0 Å². The van der Waals surface area contributed by atoms with E-state index in [1.807, 2.05) is 38.1 Å². The van der Waals surface area contributed by atoms with Crippen LogP contribution in [0, 0.1) is 11.3 Å². The third kappa shape index (κ3) is 5.37. The highest BCUT2D eigenvalue weighted by Crippen LogP contribution is 2.11. The van der Waals surface area contributed by atoms with E-state index in [0.717, 1.165) is 11.3 Å². The van der Waals surface area contributed by atoms with Crippen molar-refractivity contribution in [1.82, 2.24) is 0 Å². The quantitative estimate of drug-likeness (QED) is 0.820. The Kier molecular flexibility index (Phi) is 5.51. The molecule has 1 rings (SSSR count). The first-order valence-electron chi connectivity index (χ1n) is 5.96. The Hall–Kier alpha value is -1.53. The number of nitrogens with zero attached hydrogens (tertiary/aromatic N) is 1. The van der Waals surface area contributed by atoms with E-state index in [4.69, 9.17) is 10.00 Å². The molecule has 0 unspecified atom stereocenters. The minimum absolute atomic E-state index is 0.261. The van der Waals surface area contributed by atoms with Gasteiger partial charge in [0.25, 0.3) is 0 Å².